The van der Waals surface area contributed by atoms with E-state index < -0.39 is 152 Å². The molecule has 3 heterocycles. The second-order valence-corrected chi connectivity index (χ2v) is 14.3. The number of aliphatic hydroxyl groups is 1. The Morgan fingerprint density at radius 2 is 1.22 bits per heavy atom. The van der Waals surface area contributed by atoms with E-state index in [0.717, 1.165) is 6.07 Å². The van der Waals surface area contributed by atoms with Crippen LogP contribution in [0.15, 0.2) is 66.7 Å². The van der Waals surface area contributed by atoms with Crippen molar-refractivity contribution in [2.45, 2.75) is 43.2 Å². The molecule has 0 aliphatic carbocycles. The van der Waals surface area contributed by atoms with Crippen LogP contribution in [0.4, 0.5) is 0 Å². The maximum Gasteiger partial charge on any atom is 0.339 e. The van der Waals surface area contributed by atoms with Gasteiger partial charge in [-0.25, -0.2) is 14.4 Å². The summed E-state index contributed by atoms with van der Waals surface area (Å²) in [5.74, 6) is -16.5. The van der Waals surface area contributed by atoms with Crippen molar-refractivity contribution in [2.24, 2.45) is 0 Å². The monoisotopic (exact) mass is 872 g/mol. The standard InChI is InChI=1S/C42H32O21/c43-19-8-16(9-26-30(19)20(44)12-25(60-26)14-4-2-1-3-5-14)59-42-36(54)38(63-39(55)15-6-21(45)31(49)22(46)7-15)37-27(61-42)13-58-40(56)17-10-23(47)32(50)34(52)28(17)29-18(41(57)62-37)11-24(48)33(51)35(29)53/h1-11,25,27,36-38,42-43,45-54H,12-13H2/t25-,27+,36+,37+,38+,42+/m1/s1. The molecule has 0 aromatic heterocycles. The molecule has 6 atom stereocenters. The Bertz CT molecular complexity index is 2710. The van der Waals surface area contributed by atoms with Crippen LogP contribution in [0.25, 0.3) is 11.1 Å². The van der Waals surface area contributed by atoms with E-state index in [-0.39, 0.29) is 23.5 Å². The van der Waals surface area contributed by atoms with Gasteiger partial charge in [0.2, 0.25) is 17.8 Å². The predicted molar refractivity (Wildman–Crippen MR) is 204 cm³/mol. The van der Waals surface area contributed by atoms with Crippen LogP contribution in [0.1, 0.15) is 59.5 Å². The van der Waals surface area contributed by atoms with Crippen LogP contribution in [0.5, 0.6) is 69.0 Å². The second kappa shape index (κ2) is 15.6. The molecule has 63 heavy (non-hydrogen) atoms. The number of ketones is 1. The first-order valence-corrected chi connectivity index (χ1v) is 18.5. The van der Waals surface area contributed by atoms with Crippen molar-refractivity contribution in [3.05, 3.63) is 94.5 Å². The summed E-state index contributed by atoms with van der Waals surface area (Å²) in [6.07, 6.45) is -11.3. The molecule has 0 radical (unpaired) electrons. The van der Waals surface area contributed by atoms with Gasteiger partial charge in [0.05, 0.1) is 23.1 Å². The molecule has 3 aliphatic rings. The molecule has 21 heteroatoms. The zero-order valence-electron chi connectivity index (χ0n) is 31.7. The van der Waals surface area contributed by atoms with Crippen LogP contribution in [0, 0.1) is 0 Å². The van der Waals surface area contributed by atoms with E-state index >= 15 is 0 Å². The quantitative estimate of drug-likeness (QED) is 0.0686. The van der Waals surface area contributed by atoms with Gasteiger partial charge in [0.1, 0.15) is 41.6 Å². The molecule has 5 aromatic carbocycles. The van der Waals surface area contributed by atoms with Gasteiger partial charge >= 0.3 is 17.9 Å². The van der Waals surface area contributed by atoms with Gasteiger partial charge in [-0.2, -0.15) is 0 Å². The van der Waals surface area contributed by atoms with E-state index in [1.807, 2.05) is 0 Å². The van der Waals surface area contributed by atoms with Gasteiger partial charge in [-0.05, 0) is 29.8 Å². The molecule has 0 amide bonds. The van der Waals surface area contributed by atoms with Crippen LogP contribution >= 0.6 is 0 Å². The Morgan fingerprint density at radius 1 is 0.635 bits per heavy atom. The minimum Gasteiger partial charge on any atom is -0.507 e. The lowest BCUT2D eigenvalue weighted by Crippen LogP contribution is -2.62. The van der Waals surface area contributed by atoms with Gasteiger partial charge < -0.3 is 84.6 Å². The third-order valence-electron chi connectivity index (χ3n) is 10.4. The lowest BCUT2D eigenvalue weighted by Gasteiger charge is -2.43. The van der Waals surface area contributed by atoms with Crippen molar-refractivity contribution in [1.82, 2.24) is 0 Å². The number of cyclic esters (lactones) is 1. The SMILES string of the molecule is O=C(O[C@H]1[C@H](O)[C@@H](Oc2cc(O)c3c(c2)O[C@@H](c2ccccc2)CC3=O)O[C@H]2COC(=O)c3cc(O)c(O)c(O)c3-c3c(cc(O)c(O)c3O)C(=O)O[C@H]12)c1cc(O)c(O)c(O)c1. The first kappa shape index (κ1) is 41.4. The van der Waals surface area contributed by atoms with Gasteiger partial charge in [0, 0.05) is 23.3 Å². The summed E-state index contributed by atoms with van der Waals surface area (Å²) in [4.78, 5) is 54.8. The summed E-state index contributed by atoms with van der Waals surface area (Å²) >= 11 is 0. The van der Waals surface area contributed by atoms with Crippen molar-refractivity contribution in [3.8, 4) is 80.1 Å². The predicted octanol–water partition coefficient (Wildman–Crippen LogP) is 3.20. The zero-order valence-corrected chi connectivity index (χ0v) is 31.7. The number of aliphatic hydroxyl groups excluding tert-OH is 1. The largest absolute Gasteiger partial charge is 0.507 e. The highest BCUT2D eigenvalue weighted by atomic mass is 16.7. The lowest BCUT2D eigenvalue weighted by molar-refractivity contribution is -0.276. The Balaban J connectivity index is 1.22. The summed E-state index contributed by atoms with van der Waals surface area (Å²) in [6, 6.07) is 13.2. The van der Waals surface area contributed by atoms with Crippen molar-refractivity contribution in [2.75, 3.05) is 6.61 Å². The average molecular weight is 873 g/mol. The normalized spacial score (nSPS) is 21.8. The molecule has 1 fully saturated rings. The zero-order chi connectivity index (χ0) is 45.2. The molecule has 0 spiro atoms. The fourth-order valence-electron chi connectivity index (χ4n) is 7.33. The molecule has 8 rings (SSSR count). The van der Waals surface area contributed by atoms with Crippen molar-refractivity contribution in [3.63, 3.8) is 0 Å². The number of hydrogen-bond donors (Lipinski definition) is 11. The Labute approximate surface area is 351 Å². The number of phenolic OH excluding ortho intramolecular Hbond substituents is 10. The number of benzene rings is 5. The average Bonchev–Trinajstić information content (AvgIpc) is 3.26. The highest BCUT2D eigenvalue weighted by Crippen LogP contribution is 2.53. The smallest absolute Gasteiger partial charge is 0.339 e. The summed E-state index contributed by atoms with van der Waals surface area (Å²) in [6.45, 7) is -1.02. The molecular weight excluding hydrogens is 840 g/mol. The summed E-state index contributed by atoms with van der Waals surface area (Å²) in [5.41, 5.74) is -3.87. The van der Waals surface area contributed by atoms with Gasteiger partial charge in [-0.1, -0.05) is 30.3 Å². The minimum atomic E-state index is -2.25. The van der Waals surface area contributed by atoms with Gasteiger partial charge in [-0.15, -0.1) is 0 Å². The van der Waals surface area contributed by atoms with Crippen molar-refractivity contribution < 1.29 is 104 Å². The fraction of sp³-hybridized carbons (Fsp3) is 0.190. The van der Waals surface area contributed by atoms with E-state index in [1.54, 1.807) is 30.3 Å². The van der Waals surface area contributed by atoms with Gasteiger partial charge in [0.25, 0.3) is 0 Å². The van der Waals surface area contributed by atoms with Crippen LogP contribution < -0.4 is 9.47 Å². The number of rotatable bonds is 5. The molecule has 326 valence electrons. The lowest BCUT2D eigenvalue weighted by atomic mass is 9.92. The maximum absolute atomic E-state index is 14.2. The molecule has 0 bridgehead atoms. The third kappa shape index (κ3) is 7.25. The van der Waals surface area contributed by atoms with E-state index in [0.29, 0.717) is 29.8 Å². The highest BCUT2D eigenvalue weighted by molar-refractivity contribution is 6.08. The highest BCUT2D eigenvalue weighted by Gasteiger charge is 2.52. The van der Waals surface area contributed by atoms with Crippen LogP contribution in [0.3, 0.4) is 0 Å². The number of carbonyl (C=O) groups is 4. The Morgan fingerprint density at radius 3 is 1.84 bits per heavy atom. The van der Waals surface area contributed by atoms with E-state index in [2.05, 4.69) is 0 Å². The van der Waals surface area contributed by atoms with Crippen LogP contribution in [-0.4, -0.2) is 117 Å². The van der Waals surface area contributed by atoms with Crippen molar-refractivity contribution >= 4 is 23.7 Å². The number of hydrogen-bond acceptors (Lipinski definition) is 21. The number of Topliss-reactive ketones (excluding diaryl/α,β-unsaturated/α-hetero) is 1. The fourth-order valence-corrected chi connectivity index (χ4v) is 7.33. The molecule has 3 aliphatic heterocycles. The van der Waals surface area contributed by atoms with E-state index in [1.165, 1.54) is 6.07 Å². The van der Waals surface area contributed by atoms with E-state index in [9.17, 15) is 75.3 Å². The maximum atomic E-state index is 14.2. The number of esters is 3. The second-order valence-electron chi connectivity index (χ2n) is 14.3. The number of phenols is 10. The first-order valence-electron chi connectivity index (χ1n) is 18.5. The molecule has 0 saturated carbocycles. The third-order valence-corrected chi connectivity index (χ3v) is 10.4. The topological polar surface area (TPSA) is 346 Å². The molecular formula is C42H32O21. The van der Waals surface area contributed by atoms with Gasteiger partial charge in [0.15, 0.2) is 64.3 Å². The first-order chi connectivity index (χ1) is 29.9. The number of fused-ring (bicyclic) bond motifs is 5. The molecule has 5 aromatic rings. The molecule has 0 unspecified atom stereocenters. The number of carbonyl (C=O) groups excluding carboxylic acids is 4. The summed E-state index contributed by atoms with van der Waals surface area (Å²) in [5, 5.41) is 117. The summed E-state index contributed by atoms with van der Waals surface area (Å²) in [7, 11) is 0. The van der Waals surface area contributed by atoms with Crippen LogP contribution in [0.2, 0.25) is 0 Å². The Kier molecular flexibility index (Phi) is 10.3. The summed E-state index contributed by atoms with van der Waals surface area (Å²) < 4.78 is 34.6. The number of ether oxygens (including phenoxy) is 6. The van der Waals surface area contributed by atoms with E-state index in [4.69, 9.17) is 28.4 Å². The number of aromatic hydroxyl groups is 10. The molecule has 21 nitrogen and oxygen atoms in total. The van der Waals surface area contributed by atoms with Crippen LogP contribution in [-0.2, 0) is 18.9 Å². The molecule has 11 N–H and O–H groups in total. The minimum absolute atomic E-state index is 0.130. The van der Waals surface area contributed by atoms with Gasteiger partial charge in [-0.3, -0.25) is 4.79 Å². The Hall–Kier alpha value is -8.30. The molecule has 1 saturated heterocycles. The van der Waals surface area contributed by atoms with Crippen molar-refractivity contribution in [1.29, 1.82) is 0 Å².